The van der Waals surface area contributed by atoms with Gasteiger partial charge in [0.2, 0.25) is 0 Å². The van der Waals surface area contributed by atoms with Crippen LogP contribution in [0.25, 0.3) is 16.5 Å². The van der Waals surface area contributed by atoms with Crippen molar-refractivity contribution in [3.63, 3.8) is 0 Å². The summed E-state index contributed by atoms with van der Waals surface area (Å²) in [4.78, 5) is 28.3. The standard InChI is InChI=1S/C29H22ClNO3/c1-17-13-14-18(2)24(15-17)27(32)25-26(23-12-5-8-19-7-3-4-11-22(19)23)31(29(34)28(25)33)21-10-6-9-20(30)16-21/h3-16,26,32H,1-2H3/b27-25+. The van der Waals surface area contributed by atoms with E-state index in [4.69, 9.17) is 11.6 Å². The van der Waals surface area contributed by atoms with Crippen LogP contribution in [0, 0.1) is 13.8 Å². The Labute approximate surface area is 202 Å². The predicted octanol–water partition coefficient (Wildman–Crippen LogP) is 6.74. The number of carbonyl (C=O) groups is 2. The molecular weight excluding hydrogens is 446 g/mol. The number of hydrogen-bond acceptors (Lipinski definition) is 3. The van der Waals surface area contributed by atoms with Gasteiger partial charge in [-0.15, -0.1) is 0 Å². The van der Waals surface area contributed by atoms with Gasteiger partial charge in [-0.05, 0) is 60.0 Å². The van der Waals surface area contributed by atoms with Gasteiger partial charge in [0.25, 0.3) is 11.7 Å². The summed E-state index contributed by atoms with van der Waals surface area (Å²) in [6, 6.07) is 25.3. The first-order chi connectivity index (χ1) is 16.4. The molecule has 0 radical (unpaired) electrons. The SMILES string of the molecule is Cc1ccc(C)c(/C(O)=C2\C(=O)C(=O)N(c3cccc(Cl)c3)C2c2cccc3ccccc23)c1. The molecule has 34 heavy (non-hydrogen) atoms. The summed E-state index contributed by atoms with van der Waals surface area (Å²) in [6.07, 6.45) is 0. The van der Waals surface area contributed by atoms with E-state index in [-0.39, 0.29) is 11.3 Å². The Balaban J connectivity index is 1.84. The highest BCUT2D eigenvalue weighted by Gasteiger charge is 2.47. The smallest absolute Gasteiger partial charge is 0.300 e. The zero-order valence-corrected chi connectivity index (χ0v) is 19.5. The number of aliphatic hydroxyl groups is 1. The van der Waals surface area contributed by atoms with Gasteiger partial charge in [-0.1, -0.05) is 77.8 Å². The molecule has 0 aliphatic carbocycles. The van der Waals surface area contributed by atoms with E-state index >= 15 is 0 Å². The fourth-order valence-electron chi connectivity index (χ4n) is 4.64. The van der Waals surface area contributed by atoms with Crippen LogP contribution in [0.2, 0.25) is 5.02 Å². The average Bonchev–Trinajstić information content (AvgIpc) is 3.10. The number of aryl methyl sites for hydroxylation is 2. The number of anilines is 1. The van der Waals surface area contributed by atoms with Crippen molar-refractivity contribution in [1.82, 2.24) is 0 Å². The van der Waals surface area contributed by atoms with Gasteiger partial charge in [-0.2, -0.15) is 0 Å². The summed E-state index contributed by atoms with van der Waals surface area (Å²) in [5.74, 6) is -1.61. The van der Waals surface area contributed by atoms with E-state index in [9.17, 15) is 14.7 Å². The first-order valence-corrected chi connectivity index (χ1v) is 11.4. The number of fused-ring (bicyclic) bond motifs is 1. The highest BCUT2D eigenvalue weighted by molar-refractivity contribution is 6.52. The molecule has 0 bridgehead atoms. The van der Waals surface area contributed by atoms with Gasteiger partial charge in [0.1, 0.15) is 5.76 Å². The minimum atomic E-state index is -0.815. The van der Waals surface area contributed by atoms with E-state index in [0.29, 0.717) is 16.3 Å². The lowest BCUT2D eigenvalue weighted by molar-refractivity contribution is -0.132. The van der Waals surface area contributed by atoms with Crippen molar-refractivity contribution in [2.24, 2.45) is 0 Å². The van der Waals surface area contributed by atoms with Crippen LogP contribution in [-0.4, -0.2) is 16.8 Å². The number of hydrogen-bond donors (Lipinski definition) is 1. The fourth-order valence-corrected chi connectivity index (χ4v) is 4.83. The number of Topliss-reactive ketones (excluding diaryl/α,β-unsaturated/α-hetero) is 1. The van der Waals surface area contributed by atoms with Crippen LogP contribution in [0.5, 0.6) is 0 Å². The maximum Gasteiger partial charge on any atom is 0.300 e. The number of aliphatic hydroxyl groups excluding tert-OH is 1. The Morgan fingerprint density at radius 3 is 2.41 bits per heavy atom. The molecule has 4 aromatic carbocycles. The van der Waals surface area contributed by atoms with Gasteiger partial charge in [0, 0.05) is 16.3 Å². The maximum absolute atomic E-state index is 13.5. The number of carbonyl (C=O) groups excluding carboxylic acids is 2. The first kappa shape index (κ1) is 21.9. The minimum Gasteiger partial charge on any atom is -0.507 e. The lowest BCUT2D eigenvalue weighted by atomic mass is 9.90. The van der Waals surface area contributed by atoms with Gasteiger partial charge < -0.3 is 5.11 Å². The van der Waals surface area contributed by atoms with Gasteiger partial charge in [-0.3, -0.25) is 14.5 Å². The van der Waals surface area contributed by atoms with E-state index < -0.39 is 17.7 Å². The normalized spacial score (nSPS) is 17.5. The largest absolute Gasteiger partial charge is 0.507 e. The monoisotopic (exact) mass is 467 g/mol. The highest BCUT2D eigenvalue weighted by atomic mass is 35.5. The van der Waals surface area contributed by atoms with E-state index in [1.165, 1.54) is 4.90 Å². The van der Waals surface area contributed by atoms with Crippen molar-refractivity contribution in [3.8, 4) is 0 Å². The number of halogens is 1. The van der Waals surface area contributed by atoms with E-state index in [1.807, 2.05) is 74.5 Å². The third-order valence-corrected chi connectivity index (χ3v) is 6.53. The molecule has 1 saturated heterocycles. The molecule has 0 aromatic heterocycles. The number of nitrogens with zero attached hydrogens (tertiary/aromatic N) is 1. The van der Waals surface area contributed by atoms with E-state index in [2.05, 4.69) is 0 Å². The van der Waals surface area contributed by atoms with Crippen molar-refractivity contribution in [2.75, 3.05) is 4.90 Å². The molecule has 1 heterocycles. The van der Waals surface area contributed by atoms with Gasteiger partial charge in [0.05, 0.1) is 11.6 Å². The highest BCUT2D eigenvalue weighted by Crippen LogP contribution is 2.44. The van der Waals surface area contributed by atoms with Gasteiger partial charge in [-0.25, -0.2) is 0 Å². The molecule has 0 spiro atoms. The number of rotatable bonds is 3. The third kappa shape index (κ3) is 3.57. The molecule has 1 aliphatic heterocycles. The van der Waals surface area contributed by atoms with Crippen LogP contribution in [0.4, 0.5) is 5.69 Å². The Morgan fingerprint density at radius 2 is 1.62 bits per heavy atom. The summed E-state index contributed by atoms with van der Waals surface area (Å²) in [7, 11) is 0. The second kappa shape index (κ2) is 8.47. The quantitative estimate of drug-likeness (QED) is 0.206. The Bertz CT molecular complexity index is 1500. The van der Waals surface area contributed by atoms with Gasteiger partial charge in [0.15, 0.2) is 0 Å². The zero-order chi connectivity index (χ0) is 24.0. The summed E-state index contributed by atoms with van der Waals surface area (Å²) in [5.41, 5.74) is 3.60. The molecular formula is C29H22ClNO3. The van der Waals surface area contributed by atoms with Crippen LogP contribution in [0.3, 0.4) is 0 Å². The van der Waals surface area contributed by atoms with Crippen molar-refractivity contribution in [1.29, 1.82) is 0 Å². The summed E-state index contributed by atoms with van der Waals surface area (Å²) in [5, 5.41) is 13.8. The average molecular weight is 468 g/mol. The number of ketones is 1. The lowest BCUT2D eigenvalue weighted by Crippen LogP contribution is -2.29. The van der Waals surface area contributed by atoms with E-state index in [0.717, 1.165) is 27.5 Å². The van der Waals surface area contributed by atoms with Crippen molar-refractivity contribution in [2.45, 2.75) is 19.9 Å². The molecule has 1 atom stereocenters. The van der Waals surface area contributed by atoms with Gasteiger partial charge >= 0.3 is 0 Å². The molecule has 0 saturated carbocycles. The topological polar surface area (TPSA) is 57.6 Å². The molecule has 1 unspecified atom stereocenters. The Morgan fingerprint density at radius 1 is 0.882 bits per heavy atom. The second-order valence-corrected chi connectivity index (χ2v) is 8.97. The molecule has 168 valence electrons. The summed E-state index contributed by atoms with van der Waals surface area (Å²) < 4.78 is 0. The molecule has 4 aromatic rings. The molecule has 1 amide bonds. The predicted molar refractivity (Wildman–Crippen MR) is 136 cm³/mol. The minimum absolute atomic E-state index is 0.0648. The zero-order valence-electron chi connectivity index (χ0n) is 18.7. The molecule has 1 N–H and O–H groups in total. The third-order valence-electron chi connectivity index (χ3n) is 6.30. The van der Waals surface area contributed by atoms with Crippen molar-refractivity contribution < 1.29 is 14.7 Å². The molecule has 1 fully saturated rings. The second-order valence-electron chi connectivity index (χ2n) is 8.54. The molecule has 4 nitrogen and oxygen atoms in total. The van der Waals surface area contributed by atoms with Crippen LogP contribution in [-0.2, 0) is 9.59 Å². The van der Waals surface area contributed by atoms with Crippen LogP contribution >= 0.6 is 11.6 Å². The van der Waals surface area contributed by atoms with Crippen LogP contribution in [0.15, 0.2) is 90.5 Å². The number of amides is 1. The fraction of sp³-hybridized carbons (Fsp3) is 0.103. The maximum atomic E-state index is 13.5. The molecule has 1 aliphatic rings. The van der Waals surface area contributed by atoms with Crippen LogP contribution in [0.1, 0.15) is 28.3 Å². The molecule has 5 heteroatoms. The summed E-state index contributed by atoms with van der Waals surface area (Å²) in [6.45, 7) is 3.79. The number of benzene rings is 4. The van der Waals surface area contributed by atoms with E-state index in [1.54, 1.807) is 24.3 Å². The first-order valence-electron chi connectivity index (χ1n) is 11.0. The van der Waals surface area contributed by atoms with Crippen molar-refractivity contribution >= 4 is 45.5 Å². The van der Waals surface area contributed by atoms with Crippen LogP contribution < -0.4 is 4.90 Å². The Hall–Kier alpha value is -3.89. The summed E-state index contributed by atoms with van der Waals surface area (Å²) >= 11 is 6.24. The Kier molecular flexibility index (Phi) is 5.46. The lowest BCUT2D eigenvalue weighted by Gasteiger charge is -2.26. The molecule has 5 rings (SSSR count). The van der Waals surface area contributed by atoms with Crippen molar-refractivity contribution in [3.05, 3.63) is 118 Å².